The summed E-state index contributed by atoms with van der Waals surface area (Å²) in [5, 5.41) is 2.69. The second-order valence-electron chi connectivity index (χ2n) is 6.29. The number of ether oxygens (including phenoxy) is 5. The monoisotopic (exact) mass is 385 g/mol. The Labute approximate surface area is 161 Å². The molecule has 0 fully saturated rings. The number of hydrogen-bond acceptors (Lipinski definition) is 7. The molecule has 0 aromatic heterocycles. The first-order valence-electron chi connectivity index (χ1n) is 8.89. The van der Waals surface area contributed by atoms with Gasteiger partial charge in [0, 0.05) is 11.8 Å². The van der Waals surface area contributed by atoms with E-state index in [1.165, 1.54) is 6.92 Å². The Bertz CT molecular complexity index is 898. The summed E-state index contributed by atoms with van der Waals surface area (Å²) in [7, 11) is 0. The van der Waals surface area contributed by atoms with Crippen molar-refractivity contribution in [2.24, 2.45) is 0 Å². The normalized spacial score (nSPS) is 18.0. The van der Waals surface area contributed by atoms with Gasteiger partial charge in [-0.05, 0) is 31.2 Å². The fraction of sp³-hybridized carbons (Fsp3) is 0.300. The average molecular weight is 385 g/mol. The molecule has 2 aromatic carbocycles. The van der Waals surface area contributed by atoms with Gasteiger partial charge in [0.25, 0.3) is 5.91 Å². The maximum Gasteiger partial charge on any atom is 0.351 e. The molecule has 28 heavy (non-hydrogen) atoms. The Hall–Kier alpha value is -3.42. The summed E-state index contributed by atoms with van der Waals surface area (Å²) in [5.74, 6) is 1.07. The van der Waals surface area contributed by atoms with Gasteiger partial charge in [0.1, 0.15) is 19.8 Å². The fourth-order valence-corrected chi connectivity index (χ4v) is 2.80. The highest BCUT2D eigenvalue weighted by molar-refractivity contribution is 5.95. The SMILES string of the molecule is C[C@H](OC(=O)[C@H]1COc2ccccc2O1)C(=O)Nc1ccc2c(c1)OCCO2. The van der Waals surface area contributed by atoms with E-state index >= 15 is 0 Å². The number of nitrogens with one attached hydrogen (secondary N) is 1. The number of carbonyl (C=O) groups excluding carboxylic acids is 2. The molecule has 2 aliphatic heterocycles. The van der Waals surface area contributed by atoms with Crippen LogP contribution in [0.15, 0.2) is 42.5 Å². The van der Waals surface area contributed by atoms with Crippen LogP contribution in [0.3, 0.4) is 0 Å². The topological polar surface area (TPSA) is 92.3 Å². The Balaban J connectivity index is 1.34. The van der Waals surface area contributed by atoms with E-state index in [2.05, 4.69) is 5.32 Å². The lowest BCUT2D eigenvalue weighted by Gasteiger charge is -2.26. The predicted molar refractivity (Wildman–Crippen MR) is 98.0 cm³/mol. The van der Waals surface area contributed by atoms with Gasteiger partial charge in [-0.15, -0.1) is 0 Å². The summed E-state index contributed by atoms with van der Waals surface area (Å²) in [6.45, 7) is 2.45. The molecule has 0 saturated carbocycles. The first-order chi connectivity index (χ1) is 13.6. The van der Waals surface area contributed by atoms with Gasteiger partial charge in [0.05, 0.1) is 0 Å². The van der Waals surface area contributed by atoms with Crippen LogP contribution in [-0.4, -0.2) is 43.9 Å². The number of esters is 1. The van der Waals surface area contributed by atoms with Crippen LogP contribution in [0.4, 0.5) is 5.69 Å². The number of amides is 1. The molecule has 146 valence electrons. The van der Waals surface area contributed by atoms with E-state index in [1.807, 2.05) is 6.07 Å². The van der Waals surface area contributed by atoms with Crippen molar-refractivity contribution in [3.8, 4) is 23.0 Å². The van der Waals surface area contributed by atoms with Gasteiger partial charge in [-0.25, -0.2) is 4.79 Å². The van der Waals surface area contributed by atoms with E-state index < -0.39 is 24.1 Å². The molecule has 0 aliphatic carbocycles. The molecule has 0 bridgehead atoms. The molecule has 0 spiro atoms. The molecule has 1 N–H and O–H groups in total. The van der Waals surface area contributed by atoms with Gasteiger partial charge >= 0.3 is 5.97 Å². The minimum Gasteiger partial charge on any atom is -0.486 e. The summed E-state index contributed by atoms with van der Waals surface area (Å²) in [5.41, 5.74) is 0.517. The number of para-hydroxylation sites is 2. The van der Waals surface area contributed by atoms with E-state index in [9.17, 15) is 9.59 Å². The summed E-state index contributed by atoms with van der Waals surface area (Å²) in [6, 6.07) is 12.1. The number of anilines is 1. The maximum absolute atomic E-state index is 12.4. The summed E-state index contributed by atoms with van der Waals surface area (Å²) in [4.78, 5) is 24.7. The number of benzene rings is 2. The smallest absolute Gasteiger partial charge is 0.351 e. The van der Waals surface area contributed by atoms with Gasteiger partial charge < -0.3 is 29.0 Å². The van der Waals surface area contributed by atoms with Crippen molar-refractivity contribution in [3.63, 3.8) is 0 Å². The molecule has 0 unspecified atom stereocenters. The standard InChI is InChI=1S/C20H19NO7/c1-12(19(22)21-13-6-7-15-17(10-13)25-9-8-24-15)27-20(23)18-11-26-14-4-2-3-5-16(14)28-18/h2-7,10,12,18H,8-9,11H2,1H3,(H,21,22)/t12-,18+/m0/s1. The van der Waals surface area contributed by atoms with Crippen LogP contribution < -0.4 is 24.3 Å². The molecule has 1 amide bonds. The highest BCUT2D eigenvalue weighted by atomic mass is 16.6. The first kappa shape index (κ1) is 18.0. The van der Waals surface area contributed by atoms with E-state index in [0.717, 1.165) is 0 Å². The van der Waals surface area contributed by atoms with Crippen LogP contribution in [0, 0.1) is 0 Å². The van der Waals surface area contributed by atoms with Crippen molar-refractivity contribution in [3.05, 3.63) is 42.5 Å². The van der Waals surface area contributed by atoms with Crippen molar-refractivity contribution in [2.75, 3.05) is 25.1 Å². The van der Waals surface area contributed by atoms with E-state index in [4.69, 9.17) is 23.7 Å². The van der Waals surface area contributed by atoms with Gasteiger partial charge in [-0.2, -0.15) is 0 Å². The quantitative estimate of drug-likeness (QED) is 0.807. The minimum atomic E-state index is -1.01. The van der Waals surface area contributed by atoms with Gasteiger partial charge in [-0.3, -0.25) is 4.79 Å². The third-order valence-electron chi connectivity index (χ3n) is 4.24. The molecule has 4 rings (SSSR count). The maximum atomic E-state index is 12.4. The minimum absolute atomic E-state index is 0.0202. The summed E-state index contributed by atoms with van der Waals surface area (Å²) < 4.78 is 27.3. The first-order valence-corrected chi connectivity index (χ1v) is 8.89. The van der Waals surface area contributed by atoms with Gasteiger partial charge in [0.15, 0.2) is 29.1 Å². The zero-order valence-corrected chi connectivity index (χ0v) is 15.2. The number of fused-ring (bicyclic) bond motifs is 2. The molecule has 8 nitrogen and oxygen atoms in total. The molecular formula is C20H19NO7. The third kappa shape index (κ3) is 3.80. The van der Waals surface area contributed by atoms with Crippen LogP contribution in [0.5, 0.6) is 23.0 Å². The average Bonchev–Trinajstić information content (AvgIpc) is 2.73. The number of hydrogen-bond donors (Lipinski definition) is 1. The van der Waals surface area contributed by atoms with Crippen LogP contribution in [0.2, 0.25) is 0 Å². The van der Waals surface area contributed by atoms with Crippen LogP contribution in [0.25, 0.3) is 0 Å². The molecule has 2 aliphatic rings. The molecule has 2 atom stereocenters. The molecule has 8 heteroatoms. The number of carbonyl (C=O) groups is 2. The third-order valence-corrected chi connectivity index (χ3v) is 4.24. The number of rotatable bonds is 4. The van der Waals surface area contributed by atoms with Crippen molar-refractivity contribution in [2.45, 2.75) is 19.1 Å². The Morgan fingerprint density at radius 3 is 2.54 bits per heavy atom. The highest BCUT2D eigenvalue weighted by Crippen LogP contribution is 2.33. The zero-order chi connectivity index (χ0) is 19.5. The fourth-order valence-electron chi connectivity index (χ4n) is 2.80. The van der Waals surface area contributed by atoms with E-state index in [0.29, 0.717) is 41.9 Å². The second kappa shape index (κ2) is 7.67. The molecular weight excluding hydrogens is 366 g/mol. The predicted octanol–water partition coefficient (Wildman–Crippen LogP) is 2.17. The molecule has 2 heterocycles. The molecule has 0 saturated heterocycles. The summed E-state index contributed by atoms with van der Waals surface area (Å²) >= 11 is 0. The zero-order valence-electron chi connectivity index (χ0n) is 15.2. The Morgan fingerprint density at radius 1 is 1.00 bits per heavy atom. The lowest BCUT2D eigenvalue weighted by Crippen LogP contribution is -2.41. The second-order valence-corrected chi connectivity index (χ2v) is 6.29. The van der Waals surface area contributed by atoms with Crippen LogP contribution >= 0.6 is 0 Å². The summed E-state index contributed by atoms with van der Waals surface area (Å²) in [6.07, 6.45) is -1.94. The van der Waals surface area contributed by atoms with E-state index in [1.54, 1.807) is 36.4 Å². The highest BCUT2D eigenvalue weighted by Gasteiger charge is 2.31. The van der Waals surface area contributed by atoms with Crippen LogP contribution in [0.1, 0.15) is 6.92 Å². The van der Waals surface area contributed by atoms with Crippen molar-refractivity contribution in [1.29, 1.82) is 0 Å². The van der Waals surface area contributed by atoms with Gasteiger partial charge in [-0.1, -0.05) is 12.1 Å². The molecule has 0 radical (unpaired) electrons. The van der Waals surface area contributed by atoms with Gasteiger partial charge in [0.2, 0.25) is 6.10 Å². The van der Waals surface area contributed by atoms with Crippen molar-refractivity contribution in [1.82, 2.24) is 0 Å². The largest absolute Gasteiger partial charge is 0.486 e. The molecule has 2 aromatic rings. The Kier molecular flexibility index (Phi) is 4.92. The Morgan fingerprint density at radius 2 is 1.71 bits per heavy atom. The van der Waals surface area contributed by atoms with E-state index in [-0.39, 0.29) is 6.61 Å². The van der Waals surface area contributed by atoms with Crippen molar-refractivity contribution < 1.29 is 33.3 Å². The van der Waals surface area contributed by atoms with Crippen molar-refractivity contribution >= 4 is 17.6 Å². The lowest BCUT2D eigenvalue weighted by molar-refractivity contribution is -0.162. The lowest BCUT2D eigenvalue weighted by atomic mass is 10.2. The van der Waals surface area contributed by atoms with Crippen LogP contribution in [-0.2, 0) is 14.3 Å².